The van der Waals surface area contributed by atoms with Gasteiger partial charge in [0.1, 0.15) is 11.9 Å². The number of benzene rings is 1. The predicted octanol–water partition coefficient (Wildman–Crippen LogP) is 5.20. The summed E-state index contributed by atoms with van der Waals surface area (Å²) < 4.78 is 42.8. The summed E-state index contributed by atoms with van der Waals surface area (Å²) in [6.07, 6.45) is 1.12. The molecule has 0 spiro atoms. The lowest BCUT2D eigenvalue weighted by molar-refractivity contribution is -0.136. The van der Waals surface area contributed by atoms with Crippen molar-refractivity contribution in [2.75, 3.05) is 19.6 Å². The number of halogens is 4. The summed E-state index contributed by atoms with van der Waals surface area (Å²) in [4.78, 5) is 14.4. The van der Waals surface area contributed by atoms with Crippen molar-refractivity contribution in [3.8, 4) is 5.75 Å². The van der Waals surface area contributed by atoms with Crippen LogP contribution in [-0.4, -0.2) is 48.8 Å². The molecule has 2 aliphatic rings. The van der Waals surface area contributed by atoms with Crippen LogP contribution in [0.1, 0.15) is 61.7 Å². The second kappa shape index (κ2) is 10.0. The van der Waals surface area contributed by atoms with Gasteiger partial charge in [-0.2, -0.15) is 13.2 Å². The van der Waals surface area contributed by atoms with E-state index in [0.717, 1.165) is 38.5 Å². The lowest BCUT2D eigenvalue weighted by Gasteiger charge is -2.32. The lowest BCUT2D eigenvalue weighted by Crippen LogP contribution is -2.39. The van der Waals surface area contributed by atoms with Crippen LogP contribution >= 0.6 is 11.6 Å². The molecule has 2 fully saturated rings. The molecular formula is C21H28ClF3N2O2. The van der Waals surface area contributed by atoms with E-state index in [1.165, 1.54) is 0 Å². The van der Waals surface area contributed by atoms with Crippen LogP contribution in [0.25, 0.3) is 0 Å². The van der Waals surface area contributed by atoms with Crippen molar-refractivity contribution in [3.63, 3.8) is 0 Å². The zero-order valence-electron chi connectivity index (χ0n) is 16.4. The third-order valence-electron chi connectivity index (χ3n) is 5.65. The highest BCUT2D eigenvalue weighted by molar-refractivity contribution is 6.32. The fraction of sp³-hybridized carbons (Fsp3) is 0.667. The molecule has 1 saturated carbocycles. The van der Waals surface area contributed by atoms with Crippen LogP contribution in [-0.2, 0) is 0 Å². The zero-order valence-corrected chi connectivity index (χ0v) is 17.2. The Bertz CT molecular complexity index is 685. The predicted molar refractivity (Wildman–Crippen MR) is 107 cm³/mol. The molecule has 162 valence electrons. The molecule has 1 aliphatic carbocycles. The van der Waals surface area contributed by atoms with E-state index in [1.807, 2.05) is 4.90 Å². The number of nitrogens with zero attached hydrogens (tertiary/aromatic N) is 1. The van der Waals surface area contributed by atoms with Crippen LogP contribution < -0.4 is 10.1 Å². The number of hydrogen-bond donors (Lipinski definition) is 1. The van der Waals surface area contributed by atoms with Gasteiger partial charge in [-0.3, -0.25) is 4.79 Å². The third-order valence-corrected chi connectivity index (χ3v) is 5.94. The van der Waals surface area contributed by atoms with Gasteiger partial charge in [0.2, 0.25) is 0 Å². The summed E-state index contributed by atoms with van der Waals surface area (Å²) in [5.41, 5.74) is 0.522. The van der Waals surface area contributed by atoms with Gasteiger partial charge in [0, 0.05) is 31.1 Å². The maximum Gasteiger partial charge on any atom is 0.389 e. The summed E-state index contributed by atoms with van der Waals surface area (Å²) >= 11 is 6.33. The van der Waals surface area contributed by atoms with Crippen molar-refractivity contribution < 1.29 is 22.7 Å². The fourth-order valence-electron chi connectivity index (χ4n) is 4.01. The maximum absolute atomic E-state index is 12.4. The van der Waals surface area contributed by atoms with Gasteiger partial charge in [0.15, 0.2) is 0 Å². The lowest BCUT2D eigenvalue weighted by atomic mass is 10.1. The van der Waals surface area contributed by atoms with Gasteiger partial charge in [0.25, 0.3) is 5.91 Å². The molecule has 3 rings (SSSR count). The Kier molecular flexibility index (Phi) is 7.68. The number of ether oxygens (including phenoxy) is 1. The number of piperidine rings is 1. The van der Waals surface area contributed by atoms with Crippen molar-refractivity contribution in [1.29, 1.82) is 0 Å². The highest BCUT2D eigenvalue weighted by Crippen LogP contribution is 2.29. The average Bonchev–Trinajstić information content (AvgIpc) is 3.16. The quantitative estimate of drug-likeness (QED) is 0.644. The molecular weight excluding hydrogens is 405 g/mol. The van der Waals surface area contributed by atoms with E-state index in [0.29, 0.717) is 36.0 Å². The molecule has 0 atom stereocenters. The fourth-order valence-corrected chi connectivity index (χ4v) is 4.24. The molecule has 29 heavy (non-hydrogen) atoms. The Labute approximate surface area is 174 Å². The number of alkyl halides is 3. The molecule has 0 unspecified atom stereocenters. The molecule has 1 N–H and O–H groups in total. The van der Waals surface area contributed by atoms with Gasteiger partial charge in [-0.05, 0) is 56.8 Å². The van der Waals surface area contributed by atoms with E-state index >= 15 is 0 Å². The van der Waals surface area contributed by atoms with Crippen molar-refractivity contribution in [3.05, 3.63) is 28.8 Å². The molecule has 4 nitrogen and oxygen atoms in total. The number of carbonyl (C=O) groups is 1. The second-order valence-electron chi connectivity index (χ2n) is 7.98. The Hall–Kier alpha value is -1.47. The van der Waals surface area contributed by atoms with Gasteiger partial charge in [-0.25, -0.2) is 0 Å². The monoisotopic (exact) mass is 432 g/mol. The third kappa shape index (κ3) is 7.07. The molecule has 1 heterocycles. The summed E-state index contributed by atoms with van der Waals surface area (Å²) in [5, 5.41) is 3.44. The molecule has 0 aromatic heterocycles. The Morgan fingerprint density at radius 3 is 2.48 bits per heavy atom. The number of hydrogen-bond acceptors (Lipinski definition) is 3. The van der Waals surface area contributed by atoms with Crippen molar-refractivity contribution in [2.45, 2.75) is 69.7 Å². The maximum atomic E-state index is 12.4. The highest BCUT2D eigenvalue weighted by Gasteiger charge is 2.27. The van der Waals surface area contributed by atoms with E-state index in [-0.39, 0.29) is 24.5 Å². The molecule has 1 aliphatic heterocycles. The Balaban J connectivity index is 1.44. The van der Waals surface area contributed by atoms with E-state index in [9.17, 15) is 18.0 Å². The number of amides is 1. The standard InChI is InChI=1S/C21H28ClF3N2O2/c22-18-14-15(20(28)26-16-4-1-2-5-16)6-7-19(18)29-17-8-12-27(13-9-17)11-3-10-21(23,24)25/h6-7,14,16-17H,1-5,8-13H2,(H,26,28). The molecule has 1 saturated heterocycles. The first-order valence-electron chi connectivity index (χ1n) is 10.4. The summed E-state index contributed by atoms with van der Waals surface area (Å²) in [6.45, 7) is 1.88. The van der Waals surface area contributed by atoms with Gasteiger partial charge >= 0.3 is 6.18 Å². The second-order valence-corrected chi connectivity index (χ2v) is 8.38. The van der Waals surface area contributed by atoms with E-state index in [2.05, 4.69) is 5.32 Å². The minimum absolute atomic E-state index is 0.0236. The normalized spacial score (nSPS) is 19.4. The smallest absolute Gasteiger partial charge is 0.389 e. The summed E-state index contributed by atoms with van der Waals surface area (Å²) in [6, 6.07) is 5.32. The molecule has 1 aromatic carbocycles. The van der Waals surface area contributed by atoms with Crippen molar-refractivity contribution >= 4 is 17.5 Å². The molecule has 1 amide bonds. The number of carbonyl (C=O) groups excluding carboxylic acids is 1. The van der Waals surface area contributed by atoms with Crippen LogP contribution in [0.2, 0.25) is 5.02 Å². The SMILES string of the molecule is O=C(NC1CCCC1)c1ccc(OC2CCN(CCCC(F)(F)F)CC2)c(Cl)c1. The Morgan fingerprint density at radius 2 is 1.86 bits per heavy atom. The number of likely N-dealkylation sites (tertiary alicyclic amines) is 1. The van der Waals surface area contributed by atoms with Gasteiger partial charge < -0.3 is 15.0 Å². The van der Waals surface area contributed by atoms with Gasteiger partial charge in [-0.15, -0.1) is 0 Å². The van der Waals surface area contributed by atoms with Crippen molar-refractivity contribution in [1.82, 2.24) is 10.2 Å². The largest absolute Gasteiger partial charge is 0.489 e. The van der Waals surface area contributed by atoms with E-state index in [4.69, 9.17) is 16.3 Å². The first kappa shape index (κ1) is 22.2. The number of nitrogens with one attached hydrogen (secondary N) is 1. The first-order chi connectivity index (χ1) is 13.8. The van der Waals surface area contributed by atoms with Crippen LogP contribution in [0.5, 0.6) is 5.75 Å². The van der Waals surface area contributed by atoms with Crippen LogP contribution in [0, 0.1) is 0 Å². The van der Waals surface area contributed by atoms with Gasteiger partial charge in [0.05, 0.1) is 5.02 Å². The average molecular weight is 433 g/mol. The highest BCUT2D eigenvalue weighted by atomic mass is 35.5. The first-order valence-corrected chi connectivity index (χ1v) is 10.7. The number of rotatable bonds is 7. The van der Waals surface area contributed by atoms with Crippen LogP contribution in [0.4, 0.5) is 13.2 Å². The molecule has 0 bridgehead atoms. The van der Waals surface area contributed by atoms with Crippen LogP contribution in [0.15, 0.2) is 18.2 Å². The topological polar surface area (TPSA) is 41.6 Å². The minimum atomic E-state index is -4.08. The van der Waals surface area contributed by atoms with Gasteiger partial charge in [-0.1, -0.05) is 24.4 Å². The van der Waals surface area contributed by atoms with Crippen molar-refractivity contribution in [2.24, 2.45) is 0 Å². The molecule has 1 aromatic rings. The van der Waals surface area contributed by atoms with E-state index in [1.54, 1.807) is 18.2 Å². The zero-order chi connectivity index (χ0) is 20.9. The minimum Gasteiger partial charge on any atom is -0.489 e. The molecule has 0 radical (unpaired) electrons. The molecule has 8 heteroatoms. The summed E-state index contributed by atoms with van der Waals surface area (Å²) in [5.74, 6) is 0.428. The summed E-state index contributed by atoms with van der Waals surface area (Å²) in [7, 11) is 0. The Morgan fingerprint density at radius 1 is 1.17 bits per heavy atom. The van der Waals surface area contributed by atoms with Crippen LogP contribution in [0.3, 0.4) is 0 Å². The van der Waals surface area contributed by atoms with E-state index < -0.39 is 12.6 Å².